The van der Waals surface area contributed by atoms with E-state index in [4.69, 9.17) is 5.11 Å². The van der Waals surface area contributed by atoms with Gasteiger partial charge in [-0.15, -0.1) is 0 Å². The van der Waals surface area contributed by atoms with Gasteiger partial charge >= 0.3 is 12.0 Å². The summed E-state index contributed by atoms with van der Waals surface area (Å²) in [5.41, 5.74) is 0. The van der Waals surface area contributed by atoms with Crippen molar-refractivity contribution in [2.24, 2.45) is 5.92 Å². The summed E-state index contributed by atoms with van der Waals surface area (Å²) in [6.07, 6.45) is 1.27. The third kappa shape index (κ3) is 4.42. The minimum Gasteiger partial charge on any atom is -0.481 e. The largest absolute Gasteiger partial charge is 0.481 e. The highest BCUT2D eigenvalue weighted by molar-refractivity contribution is 5.84. The number of carbonyl (C=O) groups is 3. The number of piperidine rings is 1. The second-order valence-electron chi connectivity index (χ2n) is 4.69. The maximum absolute atomic E-state index is 11.8. The Morgan fingerprint density at radius 2 is 2.11 bits per heavy atom. The molecule has 0 aromatic heterocycles. The van der Waals surface area contributed by atoms with Crippen LogP contribution in [-0.4, -0.2) is 66.0 Å². The topological polar surface area (TPSA) is 90.0 Å². The molecule has 2 N–H and O–H groups in total. The van der Waals surface area contributed by atoms with Gasteiger partial charge in [0.2, 0.25) is 5.91 Å². The van der Waals surface area contributed by atoms with E-state index in [1.165, 1.54) is 9.80 Å². The summed E-state index contributed by atoms with van der Waals surface area (Å²) < 4.78 is 0. The molecule has 0 radical (unpaired) electrons. The normalized spacial score (nSPS) is 18.8. The van der Waals surface area contributed by atoms with Crippen molar-refractivity contribution in [3.63, 3.8) is 0 Å². The summed E-state index contributed by atoms with van der Waals surface area (Å²) in [5, 5.41) is 11.5. The lowest BCUT2D eigenvalue weighted by molar-refractivity contribution is -0.143. The van der Waals surface area contributed by atoms with Crippen LogP contribution in [-0.2, 0) is 9.59 Å². The Morgan fingerprint density at radius 3 is 2.68 bits per heavy atom. The Bertz CT molecular complexity index is 359. The number of carboxylic acid groups (broad SMARTS) is 1. The van der Waals surface area contributed by atoms with Crippen molar-refractivity contribution >= 4 is 17.9 Å². The lowest BCUT2D eigenvalue weighted by Gasteiger charge is -2.30. The summed E-state index contributed by atoms with van der Waals surface area (Å²) in [7, 11) is 1.66. The first kappa shape index (κ1) is 15.3. The first-order valence-electron chi connectivity index (χ1n) is 6.45. The molecule has 1 atom stereocenters. The highest BCUT2D eigenvalue weighted by atomic mass is 16.4. The number of nitrogens with zero attached hydrogens (tertiary/aromatic N) is 2. The number of amides is 3. The predicted molar refractivity (Wildman–Crippen MR) is 68.6 cm³/mol. The number of hydrogen-bond donors (Lipinski definition) is 2. The number of nitrogens with one attached hydrogen (secondary N) is 1. The maximum Gasteiger partial charge on any atom is 0.317 e. The van der Waals surface area contributed by atoms with Gasteiger partial charge in [-0.25, -0.2) is 4.79 Å². The number of carbonyl (C=O) groups excluding carboxylic acids is 2. The van der Waals surface area contributed by atoms with Crippen molar-refractivity contribution < 1.29 is 19.5 Å². The summed E-state index contributed by atoms with van der Waals surface area (Å²) in [4.78, 5) is 37.2. The number of urea groups is 1. The summed E-state index contributed by atoms with van der Waals surface area (Å²) in [6.45, 7) is 3.12. The molecule has 0 aliphatic carbocycles. The molecule has 0 unspecified atom stereocenters. The number of aliphatic carboxylic acids is 1. The first-order valence-corrected chi connectivity index (χ1v) is 6.45. The molecule has 1 rings (SSSR count). The van der Waals surface area contributed by atoms with E-state index in [9.17, 15) is 14.4 Å². The van der Waals surface area contributed by atoms with Gasteiger partial charge in [-0.05, 0) is 19.8 Å². The lowest BCUT2D eigenvalue weighted by atomic mass is 9.99. The maximum atomic E-state index is 11.8. The van der Waals surface area contributed by atoms with Crippen LogP contribution < -0.4 is 5.32 Å². The molecule has 1 aliphatic rings. The van der Waals surface area contributed by atoms with E-state index < -0.39 is 11.9 Å². The average Bonchev–Trinajstić information content (AvgIpc) is 2.43. The fourth-order valence-electron chi connectivity index (χ4n) is 1.94. The van der Waals surface area contributed by atoms with E-state index in [-0.39, 0.29) is 25.0 Å². The van der Waals surface area contributed by atoms with Crippen molar-refractivity contribution in [2.45, 2.75) is 19.8 Å². The van der Waals surface area contributed by atoms with Crippen LogP contribution in [0, 0.1) is 5.92 Å². The fraction of sp³-hybridized carbons (Fsp3) is 0.750. The zero-order valence-corrected chi connectivity index (χ0v) is 11.4. The molecule has 19 heavy (non-hydrogen) atoms. The molecule has 7 heteroatoms. The van der Waals surface area contributed by atoms with Crippen LogP contribution in [0.4, 0.5) is 4.79 Å². The molecule has 3 amide bonds. The van der Waals surface area contributed by atoms with Gasteiger partial charge in [-0.2, -0.15) is 0 Å². The number of hydrogen-bond acceptors (Lipinski definition) is 3. The molecule has 1 saturated heterocycles. The molecule has 0 bridgehead atoms. The molecule has 0 saturated carbocycles. The third-order valence-corrected chi connectivity index (χ3v) is 3.35. The van der Waals surface area contributed by atoms with E-state index >= 15 is 0 Å². The minimum absolute atomic E-state index is 0.0581. The van der Waals surface area contributed by atoms with Crippen molar-refractivity contribution in [3.8, 4) is 0 Å². The van der Waals surface area contributed by atoms with Gasteiger partial charge in [-0.1, -0.05) is 0 Å². The zero-order valence-electron chi connectivity index (χ0n) is 11.4. The van der Waals surface area contributed by atoms with E-state index in [2.05, 4.69) is 5.32 Å². The highest BCUT2D eigenvalue weighted by Crippen LogP contribution is 2.16. The van der Waals surface area contributed by atoms with Gasteiger partial charge in [0.25, 0.3) is 0 Å². The Labute approximate surface area is 112 Å². The van der Waals surface area contributed by atoms with Crippen LogP contribution in [0.15, 0.2) is 0 Å². The van der Waals surface area contributed by atoms with Crippen LogP contribution >= 0.6 is 0 Å². The Balaban J connectivity index is 2.41. The Kier molecular flexibility index (Phi) is 5.59. The molecule has 1 heterocycles. The van der Waals surface area contributed by atoms with Gasteiger partial charge in [0.15, 0.2) is 0 Å². The molecule has 1 aliphatic heterocycles. The van der Waals surface area contributed by atoms with Crippen molar-refractivity contribution in [1.82, 2.24) is 15.1 Å². The van der Waals surface area contributed by atoms with Crippen LogP contribution in [0.3, 0.4) is 0 Å². The quantitative estimate of drug-likeness (QED) is 0.751. The third-order valence-electron chi connectivity index (χ3n) is 3.35. The zero-order chi connectivity index (χ0) is 14.4. The number of carboxylic acids is 1. The second kappa shape index (κ2) is 6.96. The minimum atomic E-state index is -0.876. The molecule has 7 nitrogen and oxygen atoms in total. The lowest BCUT2D eigenvalue weighted by Crippen LogP contribution is -2.49. The smallest absolute Gasteiger partial charge is 0.317 e. The summed E-state index contributed by atoms with van der Waals surface area (Å²) in [5.74, 6) is -1.55. The molecule has 1 fully saturated rings. The van der Waals surface area contributed by atoms with E-state index in [1.54, 1.807) is 7.05 Å². The van der Waals surface area contributed by atoms with Crippen molar-refractivity contribution in [1.29, 1.82) is 0 Å². The monoisotopic (exact) mass is 271 g/mol. The van der Waals surface area contributed by atoms with Gasteiger partial charge in [0, 0.05) is 26.7 Å². The number of rotatable bonds is 4. The van der Waals surface area contributed by atoms with Crippen molar-refractivity contribution in [2.75, 3.05) is 33.2 Å². The van der Waals surface area contributed by atoms with Gasteiger partial charge in [0.1, 0.15) is 0 Å². The van der Waals surface area contributed by atoms with Gasteiger partial charge in [-0.3, -0.25) is 9.59 Å². The molecule has 0 spiro atoms. The van der Waals surface area contributed by atoms with E-state index in [0.717, 1.165) is 0 Å². The SMILES string of the molecule is CCN(C)C(=O)CNC(=O)N1CCC[C@H](C(=O)O)C1. The van der Waals surface area contributed by atoms with E-state index in [1.807, 2.05) is 6.92 Å². The molecular weight excluding hydrogens is 250 g/mol. The summed E-state index contributed by atoms with van der Waals surface area (Å²) >= 11 is 0. The van der Waals surface area contributed by atoms with Crippen LogP contribution in [0.2, 0.25) is 0 Å². The van der Waals surface area contributed by atoms with Crippen molar-refractivity contribution in [3.05, 3.63) is 0 Å². The Morgan fingerprint density at radius 1 is 1.42 bits per heavy atom. The highest BCUT2D eigenvalue weighted by Gasteiger charge is 2.28. The second-order valence-corrected chi connectivity index (χ2v) is 4.69. The summed E-state index contributed by atoms with van der Waals surface area (Å²) in [6, 6.07) is -0.371. The van der Waals surface area contributed by atoms with Crippen LogP contribution in [0.5, 0.6) is 0 Å². The molecule has 0 aromatic carbocycles. The van der Waals surface area contributed by atoms with E-state index in [0.29, 0.717) is 25.9 Å². The number of likely N-dealkylation sites (tertiary alicyclic amines) is 1. The first-order chi connectivity index (χ1) is 8.95. The predicted octanol–water partition coefficient (Wildman–Crippen LogP) is -0.0291. The van der Waals surface area contributed by atoms with Crippen LogP contribution in [0.1, 0.15) is 19.8 Å². The molecule has 0 aromatic rings. The Hall–Kier alpha value is -1.79. The standard InChI is InChI=1S/C12H21N3O4/c1-3-14(2)10(16)7-13-12(19)15-6-4-5-9(8-15)11(17)18/h9H,3-8H2,1-2H3,(H,13,19)(H,17,18)/t9-/m0/s1. The number of likely N-dealkylation sites (N-methyl/N-ethyl adjacent to an activating group) is 1. The fourth-order valence-corrected chi connectivity index (χ4v) is 1.94. The average molecular weight is 271 g/mol. The van der Waals surface area contributed by atoms with Crippen LogP contribution in [0.25, 0.3) is 0 Å². The van der Waals surface area contributed by atoms with Gasteiger partial charge < -0.3 is 20.2 Å². The molecule has 108 valence electrons. The molecular formula is C12H21N3O4. The van der Waals surface area contributed by atoms with Gasteiger partial charge in [0.05, 0.1) is 12.5 Å².